The van der Waals surface area contributed by atoms with E-state index >= 15 is 0 Å². The van der Waals surface area contributed by atoms with E-state index in [0.29, 0.717) is 5.69 Å². The van der Waals surface area contributed by atoms with Crippen LogP contribution in [0.3, 0.4) is 0 Å². The Hall–Kier alpha value is -2.71. The molecule has 1 unspecified atom stereocenters. The molecule has 7 nitrogen and oxygen atoms in total. The van der Waals surface area contributed by atoms with Gasteiger partial charge in [0.25, 0.3) is 0 Å². The minimum Gasteiger partial charge on any atom is -0.497 e. The Kier molecular flexibility index (Phi) is 3.98. The van der Waals surface area contributed by atoms with E-state index in [0.717, 1.165) is 33.3 Å². The molecule has 3 heterocycles. The standard InChI is InChI=1S/C17H17N5O2S/c1-3-14-16(21-10-18-8-15(21)25-14)17(23)13-9-22(20-19-13)11-4-6-12(24-2)7-5-11/h4-10,17,23H,3H2,1-2H3. The second-order valence-corrected chi connectivity index (χ2v) is 6.67. The molecule has 1 atom stereocenters. The van der Waals surface area contributed by atoms with Gasteiger partial charge in [0.2, 0.25) is 0 Å². The molecule has 0 fully saturated rings. The minimum absolute atomic E-state index is 0.499. The van der Waals surface area contributed by atoms with Crippen molar-refractivity contribution in [2.24, 2.45) is 0 Å². The van der Waals surface area contributed by atoms with Crippen molar-refractivity contribution in [2.45, 2.75) is 19.4 Å². The van der Waals surface area contributed by atoms with E-state index in [1.54, 1.807) is 41.8 Å². The smallest absolute Gasteiger partial charge is 0.141 e. The first-order chi connectivity index (χ1) is 12.2. The molecule has 0 saturated carbocycles. The van der Waals surface area contributed by atoms with E-state index in [9.17, 15) is 5.11 Å². The SMILES string of the molecule is CCc1sc2cncn2c1C(O)c1cn(-c2ccc(OC)cc2)nn1. The van der Waals surface area contributed by atoms with Gasteiger partial charge in [-0.2, -0.15) is 0 Å². The summed E-state index contributed by atoms with van der Waals surface area (Å²) in [5, 5.41) is 19.2. The van der Waals surface area contributed by atoms with Crippen molar-refractivity contribution in [3.05, 3.63) is 59.3 Å². The van der Waals surface area contributed by atoms with Crippen LogP contribution in [-0.4, -0.2) is 36.6 Å². The maximum atomic E-state index is 10.9. The lowest BCUT2D eigenvalue weighted by Crippen LogP contribution is -2.06. The fraction of sp³-hybridized carbons (Fsp3) is 0.235. The van der Waals surface area contributed by atoms with Crippen LogP contribution < -0.4 is 4.74 Å². The highest BCUT2D eigenvalue weighted by Crippen LogP contribution is 2.31. The van der Waals surface area contributed by atoms with E-state index in [2.05, 4.69) is 22.2 Å². The van der Waals surface area contributed by atoms with E-state index in [-0.39, 0.29) is 0 Å². The zero-order valence-corrected chi connectivity index (χ0v) is 14.6. The summed E-state index contributed by atoms with van der Waals surface area (Å²) in [5.74, 6) is 0.775. The first-order valence-electron chi connectivity index (χ1n) is 7.89. The average Bonchev–Trinajstić information content (AvgIpc) is 3.36. The van der Waals surface area contributed by atoms with Crippen molar-refractivity contribution in [1.29, 1.82) is 0 Å². The molecule has 0 radical (unpaired) electrons. The van der Waals surface area contributed by atoms with E-state index in [4.69, 9.17) is 4.74 Å². The van der Waals surface area contributed by atoms with Crippen molar-refractivity contribution in [3.63, 3.8) is 0 Å². The topological polar surface area (TPSA) is 77.5 Å². The van der Waals surface area contributed by atoms with Gasteiger partial charge >= 0.3 is 0 Å². The number of ether oxygens (including phenoxy) is 1. The number of aryl methyl sites for hydroxylation is 1. The molecule has 3 aromatic heterocycles. The molecule has 0 spiro atoms. The highest BCUT2D eigenvalue weighted by Gasteiger charge is 2.23. The summed E-state index contributed by atoms with van der Waals surface area (Å²) in [6, 6.07) is 7.49. The van der Waals surface area contributed by atoms with Gasteiger partial charge in [-0.15, -0.1) is 16.4 Å². The number of methoxy groups -OCH3 is 1. The van der Waals surface area contributed by atoms with Gasteiger partial charge < -0.3 is 9.84 Å². The third-order valence-electron chi connectivity index (χ3n) is 4.09. The Morgan fingerprint density at radius 1 is 1.28 bits per heavy atom. The second-order valence-electron chi connectivity index (χ2n) is 5.55. The van der Waals surface area contributed by atoms with Gasteiger partial charge in [0.1, 0.15) is 28.7 Å². The summed E-state index contributed by atoms with van der Waals surface area (Å²) in [5.41, 5.74) is 2.15. The number of hydrogen-bond acceptors (Lipinski definition) is 6. The third-order valence-corrected chi connectivity index (χ3v) is 5.34. The lowest BCUT2D eigenvalue weighted by Gasteiger charge is -2.08. The number of rotatable bonds is 5. The average molecular weight is 355 g/mol. The van der Waals surface area contributed by atoms with Gasteiger partial charge in [0.15, 0.2) is 0 Å². The molecule has 0 bridgehead atoms. The Balaban J connectivity index is 1.69. The molecule has 0 amide bonds. The van der Waals surface area contributed by atoms with Crippen molar-refractivity contribution in [2.75, 3.05) is 7.11 Å². The summed E-state index contributed by atoms with van der Waals surface area (Å²) in [7, 11) is 1.63. The molecule has 4 aromatic rings. The number of fused-ring (bicyclic) bond motifs is 1. The zero-order chi connectivity index (χ0) is 17.4. The summed E-state index contributed by atoms with van der Waals surface area (Å²) < 4.78 is 8.72. The Morgan fingerprint density at radius 2 is 2.08 bits per heavy atom. The monoisotopic (exact) mass is 355 g/mol. The van der Waals surface area contributed by atoms with E-state index in [1.807, 2.05) is 28.7 Å². The first-order valence-corrected chi connectivity index (χ1v) is 8.71. The number of aliphatic hydroxyl groups is 1. The Morgan fingerprint density at radius 3 is 2.80 bits per heavy atom. The largest absolute Gasteiger partial charge is 0.497 e. The fourth-order valence-corrected chi connectivity index (χ4v) is 3.86. The van der Waals surface area contributed by atoms with Crippen molar-refractivity contribution in [1.82, 2.24) is 24.4 Å². The van der Waals surface area contributed by atoms with Crippen molar-refractivity contribution < 1.29 is 9.84 Å². The molecule has 0 saturated heterocycles. The Labute approximate surface area is 148 Å². The molecule has 1 N–H and O–H groups in total. The van der Waals surface area contributed by atoms with Crippen LogP contribution in [-0.2, 0) is 6.42 Å². The summed E-state index contributed by atoms with van der Waals surface area (Å²) >= 11 is 1.63. The zero-order valence-electron chi connectivity index (χ0n) is 13.8. The van der Waals surface area contributed by atoms with Crippen LogP contribution in [0.5, 0.6) is 5.75 Å². The predicted octanol–water partition coefficient (Wildman–Crippen LogP) is 2.63. The van der Waals surface area contributed by atoms with Crippen LogP contribution in [0.1, 0.15) is 29.3 Å². The highest BCUT2D eigenvalue weighted by atomic mass is 32.1. The van der Waals surface area contributed by atoms with Crippen LogP contribution in [0, 0.1) is 0 Å². The van der Waals surface area contributed by atoms with E-state index in [1.165, 1.54) is 0 Å². The molecule has 0 aliphatic rings. The molecule has 0 aliphatic heterocycles. The predicted molar refractivity (Wildman–Crippen MR) is 94.4 cm³/mol. The number of aromatic nitrogens is 5. The van der Waals surface area contributed by atoms with Crippen molar-refractivity contribution >= 4 is 16.2 Å². The van der Waals surface area contributed by atoms with Crippen LogP contribution in [0.4, 0.5) is 0 Å². The number of benzene rings is 1. The van der Waals surface area contributed by atoms with Gasteiger partial charge in [-0.3, -0.25) is 4.40 Å². The van der Waals surface area contributed by atoms with Gasteiger partial charge in [-0.1, -0.05) is 12.1 Å². The van der Waals surface area contributed by atoms with Crippen LogP contribution in [0.15, 0.2) is 43.0 Å². The van der Waals surface area contributed by atoms with Gasteiger partial charge in [-0.25, -0.2) is 9.67 Å². The first kappa shape index (κ1) is 15.8. The molecular formula is C17H17N5O2S. The summed E-state index contributed by atoms with van der Waals surface area (Å²) in [4.78, 5) is 6.27. The van der Waals surface area contributed by atoms with Crippen LogP contribution in [0.2, 0.25) is 0 Å². The molecule has 25 heavy (non-hydrogen) atoms. The summed E-state index contributed by atoms with van der Waals surface area (Å²) in [6.07, 6.45) is 5.24. The third kappa shape index (κ3) is 2.69. The lowest BCUT2D eigenvalue weighted by molar-refractivity contribution is 0.208. The number of nitrogens with zero attached hydrogens (tertiary/aromatic N) is 5. The van der Waals surface area contributed by atoms with Gasteiger partial charge in [-0.05, 0) is 30.7 Å². The molecule has 128 valence electrons. The van der Waals surface area contributed by atoms with Gasteiger partial charge in [0.05, 0.1) is 30.9 Å². The molecule has 8 heteroatoms. The van der Waals surface area contributed by atoms with Crippen molar-refractivity contribution in [3.8, 4) is 11.4 Å². The number of aliphatic hydroxyl groups excluding tert-OH is 1. The quantitative estimate of drug-likeness (QED) is 0.595. The number of imidazole rings is 1. The van der Waals surface area contributed by atoms with Crippen LogP contribution in [0.25, 0.3) is 10.5 Å². The van der Waals surface area contributed by atoms with Crippen LogP contribution >= 0.6 is 11.3 Å². The minimum atomic E-state index is -0.857. The maximum Gasteiger partial charge on any atom is 0.141 e. The number of hydrogen-bond donors (Lipinski definition) is 1. The molecular weight excluding hydrogens is 338 g/mol. The normalized spacial score (nSPS) is 12.6. The lowest BCUT2D eigenvalue weighted by atomic mass is 10.1. The molecule has 1 aromatic carbocycles. The molecule has 4 rings (SSSR count). The highest BCUT2D eigenvalue weighted by molar-refractivity contribution is 7.17. The van der Waals surface area contributed by atoms with E-state index < -0.39 is 6.10 Å². The Bertz CT molecular complexity index is 1000. The maximum absolute atomic E-state index is 10.9. The second kappa shape index (κ2) is 6.30. The summed E-state index contributed by atoms with van der Waals surface area (Å²) in [6.45, 7) is 2.07. The number of thiazole rings is 1. The fourth-order valence-electron chi connectivity index (χ4n) is 2.79. The molecule has 0 aliphatic carbocycles. The van der Waals surface area contributed by atoms with Gasteiger partial charge in [0, 0.05) is 4.88 Å².